The molecule has 0 saturated carbocycles. The van der Waals surface area contributed by atoms with Gasteiger partial charge in [-0.15, -0.1) is 0 Å². The van der Waals surface area contributed by atoms with E-state index in [0.29, 0.717) is 5.56 Å². The van der Waals surface area contributed by atoms with Crippen LogP contribution in [0.1, 0.15) is 21.5 Å². The van der Waals surface area contributed by atoms with Crippen molar-refractivity contribution in [3.63, 3.8) is 0 Å². The lowest BCUT2D eigenvalue weighted by molar-refractivity contribution is 0.0697. The summed E-state index contributed by atoms with van der Waals surface area (Å²) in [5.41, 5.74) is 4.52. The first-order chi connectivity index (χ1) is 10.1. The molecule has 0 aliphatic rings. The Morgan fingerprint density at radius 2 is 1.62 bits per heavy atom. The average molecular weight is 276 g/mol. The van der Waals surface area contributed by atoms with Gasteiger partial charge < -0.3 is 5.11 Å². The van der Waals surface area contributed by atoms with Gasteiger partial charge in [-0.05, 0) is 59.0 Å². The lowest BCUT2D eigenvalue weighted by Gasteiger charge is -2.11. The van der Waals surface area contributed by atoms with Crippen LogP contribution in [0.3, 0.4) is 0 Å². The van der Waals surface area contributed by atoms with E-state index in [0.717, 1.165) is 22.1 Å². The summed E-state index contributed by atoms with van der Waals surface area (Å²) in [5.74, 6) is -0.892. The van der Waals surface area contributed by atoms with E-state index in [1.807, 2.05) is 25.1 Å². The minimum absolute atomic E-state index is 0.328. The van der Waals surface area contributed by atoms with Crippen molar-refractivity contribution in [2.45, 2.75) is 13.8 Å². The van der Waals surface area contributed by atoms with Crippen LogP contribution >= 0.6 is 0 Å². The van der Waals surface area contributed by atoms with Gasteiger partial charge in [0.05, 0.1) is 5.56 Å². The molecule has 3 aromatic carbocycles. The number of rotatable bonds is 2. The molecule has 1 N–H and O–H groups in total. The van der Waals surface area contributed by atoms with Crippen molar-refractivity contribution >= 4 is 16.7 Å². The highest BCUT2D eigenvalue weighted by molar-refractivity contribution is 5.99. The molecule has 0 spiro atoms. The molecule has 2 heteroatoms. The summed E-state index contributed by atoms with van der Waals surface area (Å²) in [6, 6.07) is 17.8. The quantitative estimate of drug-likeness (QED) is 0.728. The van der Waals surface area contributed by atoms with Crippen LogP contribution in [0.4, 0.5) is 0 Å². The van der Waals surface area contributed by atoms with E-state index >= 15 is 0 Å². The normalized spacial score (nSPS) is 10.8. The number of fused-ring (bicyclic) bond motifs is 1. The zero-order valence-electron chi connectivity index (χ0n) is 12.1. The third-order valence-electron chi connectivity index (χ3n) is 3.78. The first-order valence-corrected chi connectivity index (χ1v) is 6.90. The van der Waals surface area contributed by atoms with Gasteiger partial charge in [-0.2, -0.15) is 0 Å². The number of carboxylic acid groups (broad SMARTS) is 1. The number of hydrogen-bond acceptors (Lipinski definition) is 1. The molecule has 3 rings (SSSR count). The van der Waals surface area contributed by atoms with Gasteiger partial charge in [0, 0.05) is 0 Å². The number of hydrogen-bond donors (Lipinski definition) is 1. The van der Waals surface area contributed by atoms with Gasteiger partial charge in [0.15, 0.2) is 0 Å². The van der Waals surface area contributed by atoms with E-state index < -0.39 is 5.97 Å². The molecule has 0 aliphatic heterocycles. The summed E-state index contributed by atoms with van der Waals surface area (Å²) >= 11 is 0. The number of benzene rings is 3. The predicted molar refractivity (Wildman–Crippen MR) is 85.8 cm³/mol. The first kappa shape index (κ1) is 13.4. The average Bonchev–Trinajstić information content (AvgIpc) is 2.47. The summed E-state index contributed by atoms with van der Waals surface area (Å²) < 4.78 is 0. The molecule has 0 heterocycles. The van der Waals surface area contributed by atoms with Crippen molar-refractivity contribution in [3.8, 4) is 11.1 Å². The van der Waals surface area contributed by atoms with E-state index in [9.17, 15) is 9.90 Å². The molecule has 0 fully saturated rings. The summed E-state index contributed by atoms with van der Waals surface area (Å²) in [6.07, 6.45) is 0. The van der Waals surface area contributed by atoms with Gasteiger partial charge >= 0.3 is 5.97 Å². The van der Waals surface area contributed by atoms with Crippen molar-refractivity contribution in [1.29, 1.82) is 0 Å². The summed E-state index contributed by atoms with van der Waals surface area (Å²) in [5, 5.41) is 11.6. The Hall–Kier alpha value is -2.61. The minimum Gasteiger partial charge on any atom is -0.478 e. The maximum absolute atomic E-state index is 11.3. The minimum atomic E-state index is -0.892. The first-order valence-electron chi connectivity index (χ1n) is 6.90. The zero-order chi connectivity index (χ0) is 15.0. The molecule has 21 heavy (non-hydrogen) atoms. The standard InChI is InChI=1S/C19H16O2/c1-12-9-14(11-15(10-12)19(20)21)17-8-7-13(2)16-5-3-4-6-18(16)17/h3-11H,1-2H3,(H,20,21). The molecule has 2 nitrogen and oxygen atoms in total. The number of carboxylic acids is 1. The molecule has 104 valence electrons. The van der Waals surface area contributed by atoms with Crippen molar-refractivity contribution in [1.82, 2.24) is 0 Å². The molecular formula is C19H16O2. The number of carbonyl (C=O) groups is 1. The second kappa shape index (κ2) is 5.06. The summed E-state index contributed by atoms with van der Waals surface area (Å²) in [6.45, 7) is 4.01. The maximum Gasteiger partial charge on any atom is 0.335 e. The molecule has 0 bridgehead atoms. The lowest BCUT2D eigenvalue weighted by atomic mass is 9.93. The second-order valence-electron chi connectivity index (χ2n) is 5.37. The largest absolute Gasteiger partial charge is 0.478 e. The van der Waals surface area contributed by atoms with Crippen LogP contribution in [0.2, 0.25) is 0 Å². The molecule has 0 atom stereocenters. The highest BCUT2D eigenvalue weighted by Crippen LogP contribution is 2.31. The Bertz CT molecular complexity index is 847. The van der Waals surface area contributed by atoms with Gasteiger partial charge in [-0.3, -0.25) is 0 Å². The van der Waals surface area contributed by atoms with Crippen molar-refractivity contribution < 1.29 is 9.90 Å². The van der Waals surface area contributed by atoms with E-state index in [4.69, 9.17) is 0 Å². The third-order valence-corrected chi connectivity index (χ3v) is 3.78. The predicted octanol–water partition coefficient (Wildman–Crippen LogP) is 4.82. The number of aromatic carboxylic acids is 1. The van der Waals surface area contributed by atoms with Gasteiger partial charge in [-0.1, -0.05) is 42.5 Å². The van der Waals surface area contributed by atoms with Crippen molar-refractivity contribution in [2.75, 3.05) is 0 Å². The Morgan fingerprint density at radius 3 is 2.33 bits per heavy atom. The fourth-order valence-corrected chi connectivity index (χ4v) is 2.76. The van der Waals surface area contributed by atoms with Crippen LogP contribution in [0.25, 0.3) is 21.9 Å². The van der Waals surface area contributed by atoms with Crippen LogP contribution in [-0.4, -0.2) is 11.1 Å². The van der Waals surface area contributed by atoms with Crippen molar-refractivity contribution in [2.24, 2.45) is 0 Å². The highest BCUT2D eigenvalue weighted by atomic mass is 16.4. The van der Waals surface area contributed by atoms with E-state index in [2.05, 4.69) is 31.2 Å². The van der Waals surface area contributed by atoms with Gasteiger partial charge in [0.25, 0.3) is 0 Å². The zero-order valence-corrected chi connectivity index (χ0v) is 12.1. The third kappa shape index (κ3) is 2.40. The maximum atomic E-state index is 11.3. The molecular weight excluding hydrogens is 260 g/mol. The highest BCUT2D eigenvalue weighted by Gasteiger charge is 2.10. The fourth-order valence-electron chi connectivity index (χ4n) is 2.76. The molecule has 3 aromatic rings. The Balaban J connectivity index is 2.31. The van der Waals surface area contributed by atoms with Gasteiger partial charge in [0.1, 0.15) is 0 Å². The van der Waals surface area contributed by atoms with Crippen LogP contribution < -0.4 is 0 Å². The lowest BCUT2D eigenvalue weighted by Crippen LogP contribution is -1.97. The Kier molecular flexibility index (Phi) is 3.22. The smallest absolute Gasteiger partial charge is 0.335 e. The van der Waals surface area contributed by atoms with E-state index in [-0.39, 0.29) is 0 Å². The molecule has 0 aromatic heterocycles. The second-order valence-corrected chi connectivity index (χ2v) is 5.37. The topological polar surface area (TPSA) is 37.3 Å². The monoisotopic (exact) mass is 276 g/mol. The van der Waals surface area contributed by atoms with Crippen LogP contribution in [0.5, 0.6) is 0 Å². The van der Waals surface area contributed by atoms with Crippen molar-refractivity contribution in [3.05, 3.63) is 71.3 Å². The fraction of sp³-hybridized carbons (Fsp3) is 0.105. The van der Waals surface area contributed by atoms with E-state index in [1.165, 1.54) is 10.9 Å². The molecule has 0 saturated heterocycles. The Morgan fingerprint density at radius 1 is 0.905 bits per heavy atom. The van der Waals surface area contributed by atoms with Gasteiger partial charge in [0.2, 0.25) is 0 Å². The number of aryl methyl sites for hydroxylation is 2. The summed E-state index contributed by atoms with van der Waals surface area (Å²) in [4.78, 5) is 11.3. The molecule has 0 aliphatic carbocycles. The molecule has 0 amide bonds. The molecule has 0 radical (unpaired) electrons. The SMILES string of the molecule is Cc1cc(C(=O)O)cc(-c2ccc(C)c3ccccc23)c1. The van der Waals surface area contributed by atoms with Crippen LogP contribution in [0, 0.1) is 13.8 Å². The van der Waals surface area contributed by atoms with Crippen LogP contribution in [0.15, 0.2) is 54.6 Å². The summed E-state index contributed by atoms with van der Waals surface area (Å²) in [7, 11) is 0. The van der Waals surface area contributed by atoms with Crippen LogP contribution in [-0.2, 0) is 0 Å². The Labute approximate surface area is 123 Å². The molecule has 0 unspecified atom stereocenters. The van der Waals surface area contributed by atoms with E-state index in [1.54, 1.807) is 12.1 Å². The van der Waals surface area contributed by atoms with Gasteiger partial charge in [-0.25, -0.2) is 4.79 Å².